The highest BCUT2D eigenvalue weighted by Gasteiger charge is 2.17. The first-order valence-electron chi connectivity index (χ1n) is 8.17. The molecule has 0 spiro atoms. The van der Waals surface area contributed by atoms with Crippen LogP contribution in [0.1, 0.15) is 37.0 Å². The summed E-state index contributed by atoms with van der Waals surface area (Å²) in [6.45, 7) is 8.22. The lowest BCUT2D eigenvalue weighted by atomic mass is 9.98. The molecule has 1 amide bonds. The number of nitrogens with one attached hydrogen (secondary N) is 1. The van der Waals surface area contributed by atoms with Crippen LogP contribution in [0.15, 0.2) is 22.8 Å². The van der Waals surface area contributed by atoms with Crippen LogP contribution in [-0.2, 0) is 9.59 Å². The van der Waals surface area contributed by atoms with E-state index in [4.69, 9.17) is 14.3 Å². The number of hydrogen-bond donors (Lipinski definition) is 2. The standard InChI is InChI=1S/C19H23NO5/c1-5-24-18-13(4)19-15(12(3)10-25-19)9-14(18)11(2)8-16(21)20-7-6-17(22)23/h8-10H,5-7H2,1-4H3,(H,20,21)(H,22,23)/b11-8+. The molecule has 1 aromatic heterocycles. The Kier molecular flexibility index (Phi) is 5.85. The first-order valence-corrected chi connectivity index (χ1v) is 8.17. The van der Waals surface area contributed by atoms with Gasteiger partial charge in [0.1, 0.15) is 11.3 Å². The van der Waals surface area contributed by atoms with Crippen molar-refractivity contribution >= 4 is 28.4 Å². The number of carboxylic acids is 1. The molecule has 0 aliphatic carbocycles. The van der Waals surface area contributed by atoms with Gasteiger partial charge < -0.3 is 19.6 Å². The zero-order valence-corrected chi connectivity index (χ0v) is 14.9. The van der Waals surface area contributed by atoms with Gasteiger partial charge in [-0.05, 0) is 44.9 Å². The summed E-state index contributed by atoms with van der Waals surface area (Å²) in [5.41, 5.74) is 4.25. The largest absolute Gasteiger partial charge is 0.493 e. The number of aliphatic carboxylic acids is 1. The monoisotopic (exact) mass is 345 g/mol. The van der Waals surface area contributed by atoms with Crippen LogP contribution in [-0.4, -0.2) is 30.1 Å². The summed E-state index contributed by atoms with van der Waals surface area (Å²) in [6.07, 6.45) is 3.05. The van der Waals surface area contributed by atoms with Crippen LogP contribution >= 0.6 is 0 Å². The van der Waals surface area contributed by atoms with Gasteiger partial charge in [0.15, 0.2) is 0 Å². The summed E-state index contributed by atoms with van der Waals surface area (Å²) in [5, 5.41) is 12.2. The summed E-state index contributed by atoms with van der Waals surface area (Å²) in [6, 6.07) is 1.96. The molecule has 0 unspecified atom stereocenters. The predicted octanol–water partition coefficient (Wildman–Crippen LogP) is 3.44. The fourth-order valence-corrected chi connectivity index (χ4v) is 2.68. The summed E-state index contributed by atoms with van der Waals surface area (Å²) in [5.74, 6) is -0.588. The molecule has 0 aliphatic rings. The van der Waals surface area contributed by atoms with Gasteiger partial charge in [-0.15, -0.1) is 0 Å². The van der Waals surface area contributed by atoms with E-state index in [9.17, 15) is 9.59 Å². The second kappa shape index (κ2) is 7.88. The lowest BCUT2D eigenvalue weighted by molar-refractivity contribution is -0.136. The topological polar surface area (TPSA) is 88.8 Å². The fraction of sp³-hybridized carbons (Fsp3) is 0.368. The number of carboxylic acid groups (broad SMARTS) is 1. The van der Waals surface area contributed by atoms with Crippen molar-refractivity contribution in [3.63, 3.8) is 0 Å². The molecule has 1 aromatic carbocycles. The van der Waals surface area contributed by atoms with E-state index in [1.54, 1.807) is 6.26 Å². The van der Waals surface area contributed by atoms with Crippen LogP contribution in [0.2, 0.25) is 0 Å². The number of furan rings is 1. The Labute approximate surface area is 146 Å². The molecular weight excluding hydrogens is 322 g/mol. The molecule has 25 heavy (non-hydrogen) atoms. The van der Waals surface area contributed by atoms with Crippen LogP contribution < -0.4 is 10.1 Å². The number of rotatable bonds is 7. The van der Waals surface area contributed by atoms with E-state index in [-0.39, 0.29) is 18.9 Å². The van der Waals surface area contributed by atoms with E-state index in [2.05, 4.69) is 5.32 Å². The molecule has 0 fully saturated rings. The number of allylic oxidation sites excluding steroid dienone is 1. The van der Waals surface area contributed by atoms with Crippen LogP contribution in [0.3, 0.4) is 0 Å². The molecule has 2 aromatic rings. The molecule has 2 rings (SSSR count). The van der Waals surface area contributed by atoms with E-state index in [1.165, 1.54) is 6.08 Å². The molecule has 0 bridgehead atoms. The fourth-order valence-electron chi connectivity index (χ4n) is 2.68. The van der Waals surface area contributed by atoms with Crippen molar-refractivity contribution in [2.75, 3.05) is 13.2 Å². The summed E-state index contributed by atoms with van der Waals surface area (Å²) >= 11 is 0. The first kappa shape index (κ1) is 18.6. The van der Waals surface area contributed by atoms with Gasteiger partial charge in [-0.3, -0.25) is 9.59 Å². The summed E-state index contributed by atoms with van der Waals surface area (Å²) < 4.78 is 11.4. The van der Waals surface area contributed by atoms with E-state index < -0.39 is 5.97 Å². The normalized spacial score (nSPS) is 11.6. The Hall–Kier alpha value is -2.76. The van der Waals surface area contributed by atoms with Crippen molar-refractivity contribution in [3.05, 3.63) is 35.1 Å². The number of fused-ring (bicyclic) bond motifs is 1. The minimum atomic E-state index is -0.948. The maximum absolute atomic E-state index is 12.0. The minimum absolute atomic E-state index is 0.0924. The molecule has 6 nitrogen and oxygen atoms in total. The average molecular weight is 345 g/mol. The number of aryl methyl sites for hydroxylation is 2. The van der Waals surface area contributed by atoms with Crippen LogP contribution in [0.25, 0.3) is 16.5 Å². The van der Waals surface area contributed by atoms with Crippen LogP contribution in [0.5, 0.6) is 5.75 Å². The summed E-state index contributed by atoms with van der Waals surface area (Å²) in [4.78, 5) is 22.5. The van der Waals surface area contributed by atoms with Gasteiger partial charge in [-0.25, -0.2) is 0 Å². The predicted molar refractivity (Wildman–Crippen MR) is 95.8 cm³/mol. The highest BCUT2D eigenvalue weighted by molar-refractivity contribution is 5.98. The minimum Gasteiger partial charge on any atom is -0.493 e. The van der Waals surface area contributed by atoms with E-state index in [1.807, 2.05) is 33.8 Å². The number of carbonyl (C=O) groups excluding carboxylic acids is 1. The number of benzene rings is 1. The smallest absolute Gasteiger partial charge is 0.305 e. The third-order valence-electron chi connectivity index (χ3n) is 3.94. The third kappa shape index (κ3) is 4.21. The second-order valence-corrected chi connectivity index (χ2v) is 5.87. The van der Waals surface area contributed by atoms with E-state index in [0.29, 0.717) is 12.4 Å². The molecule has 0 radical (unpaired) electrons. The van der Waals surface area contributed by atoms with Crippen molar-refractivity contribution in [3.8, 4) is 5.75 Å². The first-order chi connectivity index (χ1) is 11.8. The average Bonchev–Trinajstić information content (AvgIpc) is 2.91. The van der Waals surface area contributed by atoms with Crippen LogP contribution in [0.4, 0.5) is 0 Å². The Morgan fingerprint density at radius 3 is 2.72 bits per heavy atom. The third-order valence-corrected chi connectivity index (χ3v) is 3.94. The zero-order chi connectivity index (χ0) is 18.6. The lowest BCUT2D eigenvalue weighted by Crippen LogP contribution is -2.24. The molecular formula is C19H23NO5. The number of carbonyl (C=O) groups is 2. The molecule has 6 heteroatoms. The van der Waals surface area contributed by atoms with Crippen molar-refractivity contribution in [2.24, 2.45) is 0 Å². The number of hydrogen-bond acceptors (Lipinski definition) is 4. The van der Waals surface area contributed by atoms with Crippen molar-refractivity contribution in [1.29, 1.82) is 0 Å². The van der Waals surface area contributed by atoms with Gasteiger partial charge in [0.25, 0.3) is 0 Å². The number of amides is 1. The van der Waals surface area contributed by atoms with Gasteiger partial charge in [-0.2, -0.15) is 0 Å². The van der Waals surface area contributed by atoms with E-state index >= 15 is 0 Å². The molecule has 1 heterocycles. The Bertz CT molecular complexity index is 832. The van der Waals surface area contributed by atoms with Crippen molar-refractivity contribution in [2.45, 2.75) is 34.1 Å². The van der Waals surface area contributed by atoms with Crippen molar-refractivity contribution < 1.29 is 23.8 Å². The highest BCUT2D eigenvalue weighted by atomic mass is 16.5. The molecule has 0 aliphatic heterocycles. The molecule has 0 atom stereocenters. The van der Waals surface area contributed by atoms with Gasteiger partial charge in [0.2, 0.25) is 5.91 Å². The Morgan fingerprint density at radius 2 is 2.08 bits per heavy atom. The van der Waals surface area contributed by atoms with Gasteiger partial charge >= 0.3 is 5.97 Å². The maximum Gasteiger partial charge on any atom is 0.305 e. The van der Waals surface area contributed by atoms with E-state index in [0.717, 1.165) is 33.2 Å². The van der Waals surface area contributed by atoms with Gasteiger partial charge in [0.05, 0.1) is 19.3 Å². The quantitative estimate of drug-likeness (QED) is 0.750. The zero-order valence-electron chi connectivity index (χ0n) is 14.9. The lowest BCUT2D eigenvalue weighted by Gasteiger charge is -2.14. The second-order valence-electron chi connectivity index (χ2n) is 5.87. The SMILES string of the molecule is CCOc1c(/C(C)=C/C(=O)NCCC(=O)O)cc2c(C)coc2c1C. The van der Waals surface area contributed by atoms with Gasteiger partial charge in [0, 0.05) is 29.1 Å². The van der Waals surface area contributed by atoms with Gasteiger partial charge in [-0.1, -0.05) is 0 Å². The molecule has 2 N–H and O–H groups in total. The maximum atomic E-state index is 12.0. The number of ether oxygens (including phenoxy) is 1. The molecule has 0 saturated carbocycles. The summed E-state index contributed by atoms with van der Waals surface area (Å²) in [7, 11) is 0. The highest BCUT2D eigenvalue weighted by Crippen LogP contribution is 2.37. The Morgan fingerprint density at radius 1 is 1.36 bits per heavy atom. The van der Waals surface area contributed by atoms with Crippen molar-refractivity contribution in [1.82, 2.24) is 5.32 Å². The van der Waals surface area contributed by atoms with Crippen LogP contribution in [0, 0.1) is 13.8 Å². The Balaban J connectivity index is 2.38. The molecule has 0 saturated heterocycles. The molecule has 134 valence electrons.